The van der Waals surface area contributed by atoms with Crippen molar-refractivity contribution < 1.29 is 4.79 Å². The van der Waals surface area contributed by atoms with Gasteiger partial charge in [-0.25, -0.2) is 0 Å². The lowest BCUT2D eigenvalue weighted by molar-refractivity contribution is -0.130. The zero-order chi connectivity index (χ0) is 23.0. The Morgan fingerprint density at radius 2 is 1.69 bits per heavy atom. The van der Waals surface area contributed by atoms with Crippen molar-refractivity contribution >= 4 is 11.9 Å². The Balaban J connectivity index is 1.58. The smallest absolute Gasteiger partial charge is 0.236 e. The Bertz CT molecular complexity index is 601. The zero-order valence-electron chi connectivity index (χ0n) is 21.0. The predicted molar refractivity (Wildman–Crippen MR) is 132 cm³/mol. The van der Waals surface area contributed by atoms with Crippen molar-refractivity contribution in [1.29, 1.82) is 0 Å². The van der Waals surface area contributed by atoms with E-state index >= 15 is 0 Å². The molecule has 0 aromatic heterocycles. The summed E-state index contributed by atoms with van der Waals surface area (Å²) in [5.74, 6) is 1.15. The molecule has 3 fully saturated rings. The summed E-state index contributed by atoms with van der Waals surface area (Å²) in [5.41, 5.74) is 0.213. The van der Waals surface area contributed by atoms with Crippen LogP contribution in [0.15, 0.2) is 4.99 Å². The number of rotatable bonds is 7. The molecule has 3 aliphatic heterocycles. The van der Waals surface area contributed by atoms with Gasteiger partial charge >= 0.3 is 0 Å². The van der Waals surface area contributed by atoms with Gasteiger partial charge in [-0.2, -0.15) is 0 Å². The fraction of sp³-hybridized carbons (Fsp3) is 0.917. The molecule has 8 nitrogen and oxygen atoms in total. The number of carbonyl (C=O) groups excluding carboxylic acids is 1. The molecule has 0 aliphatic carbocycles. The number of amides is 1. The number of nitrogens with one attached hydrogen (secondary N) is 2. The van der Waals surface area contributed by atoms with Gasteiger partial charge in [-0.1, -0.05) is 6.42 Å². The van der Waals surface area contributed by atoms with Crippen molar-refractivity contribution in [2.75, 3.05) is 80.0 Å². The minimum absolute atomic E-state index is 0.187. The number of likely N-dealkylation sites (tertiary alicyclic amines) is 3. The highest BCUT2D eigenvalue weighted by Crippen LogP contribution is 2.31. The Kier molecular flexibility index (Phi) is 9.61. The maximum Gasteiger partial charge on any atom is 0.236 e. The fourth-order valence-corrected chi connectivity index (χ4v) is 5.29. The van der Waals surface area contributed by atoms with Crippen LogP contribution in [0.2, 0.25) is 0 Å². The van der Waals surface area contributed by atoms with E-state index in [9.17, 15) is 4.79 Å². The molecule has 0 aromatic rings. The molecule has 0 saturated carbocycles. The van der Waals surface area contributed by atoms with E-state index in [0.29, 0.717) is 12.6 Å². The lowest BCUT2D eigenvalue weighted by Crippen LogP contribution is -2.58. The van der Waals surface area contributed by atoms with Gasteiger partial charge in [-0.15, -0.1) is 0 Å². The first-order valence-electron chi connectivity index (χ1n) is 12.8. The first kappa shape index (κ1) is 25.2. The molecule has 2 N–H and O–H groups in total. The van der Waals surface area contributed by atoms with E-state index in [-0.39, 0.29) is 11.4 Å². The lowest BCUT2D eigenvalue weighted by Gasteiger charge is -2.49. The first-order chi connectivity index (χ1) is 15.4. The van der Waals surface area contributed by atoms with Crippen molar-refractivity contribution in [3.05, 3.63) is 0 Å². The summed E-state index contributed by atoms with van der Waals surface area (Å²) in [4.78, 5) is 26.3. The molecule has 32 heavy (non-hydrogen) atoms. The monoisotopic (exact) mass is 449 g/mol. The molecular formula is C24H47N7O. The summed E-state index contributed by atoms with van der Waals surface area (Å²) in [6.07, 6.45) is 8.55. The third-order valence-corrected chi connectivity index (χ3v) is 7.61. The van der Waals surface area contributed by atoms with Crippen LogP contribution in [-0.2, 0) is 4.79 Å². The number of hydrogen-bond donors (Lipinski definition) is 2. The van der Waals surface area contributed by atoms with Crippen LogP contribution in [0.3, 0.4) is 0 Å². The largest absolute Gasteiger partial charge is 0.357 e. The number of nitrogens with zero attached hydrogens (tertiary/aromatic N) is 5. The molecule has 0 unspecified atom stereocenters. The highest BCUT2D eigenvalue weighted by Gasteiger charge is 2.39. The van der Waals surface area contributed by atoms with Crippen LogP contribution in [0.4, 0.5) is 0 Å². The second-order valence-corrected chi connectivity index (χ2v) is 10.3. The number of carbonyl (C=O) groups is 1. The van der Waals surface area contributed by atoms with E-state index in [0.717, 1.165) is 45.0 Å². The van der Waals surface area contributed by atoms with E-state index in [1.807, 2.05) is 14.1 Å². The third-order valence-electron chi connectivity index (χ3n) is 7.61. The van der Waals surface area contributed by atoms with Crippen molar-refractivity contribution in [3.63, 3.8) is 0 Å². The van der Waals surface area contributed by atoms with Gasteiger partial charge in [0.25, 0.3) is 0 Å². The molecule has 3 heterocycles. The summed E-state index contributed by atoms with van der Waals surface area (Å²) in [6, 6.07) is 0.418. The van der Waals surface area contributed by atoms with Crippen LogP contribution in [0, 0.1) is 0 Å². The van der Waals surface area contributed by atoms with Crippen LogP contribution in [0.5, 0.6) is 0 Å². The molecule has 0 atom stereocenters. The SMILES string of the molecule is CCNC(=NCC1(N2CCCCC2)CCN(C)CC1)NC1CCN(CC(=O)N(C)C)CC1. The maximum absolute atomic E-state index is 12.0. The second kappa shape index (κ2) is 12.2. The van der Waals surface area contributed by atoms with Gasteiger partial charge < -0.3 is 20.4 Å². The minimum Gasteiger partial charge on any atom is -0.357 e. The Labute approximate surface area is 195 Å². The molecule has 184 valence electrons. The Hall–Kier alpha value is -1.38. The van der Waals surface area contributed by atoms with Crippen molar-refractivity contribution in [3.8, 4) is 0 Å². The standard InChI is InChI=1S/C24H47N7O/c1-5-25-23(27-21-9-15-30(16-10-21)19-22(32)28(2)3)26-20-24(11-17-29(4)18-12-24)31-13-7-6-8-14-31/h21H,5-20H2,1-4H3,(H2,25,26,27). The van der Waals surface area contributed by atoms with Gasteiger partial charge in [0.1, 0.15) is 0 Å². The summed E-state index contributed by atoms with van der Waals surface area (Å²) < 4.78 is 0. The Morgan fingerprint density at radius 1 is 1.03 bits per heavy atom. The summed E-state index contributed by atoms with van der Waals surface area (Å²) in [5, 5.41) is 7.20. The van der Waals surface area contributed by atoms with E-state index in [1.165, 1.54) is 58.3 Å². The fourth-order valence-electron chi connectivity index (χ4n) is 5.29. The van der Waals surface area contributed by atoms with Gasteiger partial charge in [0.15, 0.2) is 5.96 Å². The molecule has 3 rings (SSSR count). The summed E-state index contributed by atoms with van der Waals surface area (Å²) in [6.45, 7) is 11.1. The minimum atomic E-state index is 0.187. The third kappa shape index (κ3) is 7.06. The molecule has 0 aromatic carbocycles. The number of aliphatic imine (C=N–C) groups is 1. The van der Waals surface area contributed by atoms with Crippen LogP contribution in [-0.4, -0.2) is 123 Å². The van der Waals surface area contributed by atoms with Crippen molar-refractivity contribution in [2.45, 2.75) is 63.5 Å². The molecule has 0 spiro atoms. The topological polar surface area (TPSA) is 66.5 Å². The van der Waals surface area contributed by atoms with E-state index < -0.39 is 0 Å². The van der Waals surface area contributed by atoms with Gasteiger partial charge in [-0.3, -0.25) is 19.6 Å². The average Bonchev–Trinajstić information content (AvgIpc) is 2.80. The number of piperidine rings is 3. The van der Waals surface area contributed by atoms with Gasteiger partial charge in [0.2, 0.25) is 5.91 Å². The number of guanidine groups is 1. The highest BCUT2D eigenvalue weighted by atomic mass is 16.2. The summed E-state index contributed by atoms with van der Waals surface area (Å²) in [7, 11) is 5.90. The van der Waals surface area contributed by atoms with Crippen molar-refractivity contribution in [2.24, 2.45) is 4.99 Å². The van der Waals surface area contributed by atoms with E-state index in [4.69, 9.17) is 4.99 Å². The predicted octanol–water partition coefficient (Wildman–Crippen LogP) is 1.04. The normalized spacial score (nSPS) is 24.3. The van der Waals surface area contributed by atoms with Crippen LogP contribution >= 0.6 is 0 Å². The van der Waals surface area contributed by atoms with Gasteiger partial charge in [0.05, 0.1) is 13.1 Å². The molecule has 3 saturated heterocycles. The Morgan fingerprint density at radius 3 is 2.28 bits per heavy atom. The molecule has 8 heteroatoms. The molecule has 0 radical (unpaired) electrons. The second-order valence-electron chi connectivity index (χ2n) is 10.3. The van der Waals surface area contributed by atoms with E-state index in [1.54, 1.807) is 4.90 Å². The van der Waals surface area contributed by atoms with Crippen LogP contribution in [0.25, 0.3) is 0 Å². The first-order valence-corrected chi connectivity index (χ1v) is 12.8. The summed E-state index contributed by atoms with van der Waals surface area (Å²) >= 11 is 0. The lowest BCUT2D eigenvalue weighted by atomic mass is 9.84. The quantitative estimate of drug-likeness (QED) is 0.447. The molecular weight excluding hydrogens is 402 g/mol. The van der Waals surface area contributed by atoms with Crippen LogP contribution < -0.4 is 10.6 Å². The number of likely N-dealkylation sites (N-methyl/N-ethyl adjacent to an activating group) is 1. The molecule has 3 aliphatic rings. The zero-order valence-corrected chi connectivity index (χ0v) is 21.0. The average molecular weight is 450 g/mol. The van der Waals surface area contributed by atoms with Gasteiger partial charge in [0, 0.05) is 45.3 Å². The highest BCUT2D eigenvalue weighted by molar-refractivity contribution is 5.80. The molecule has 0 bridgehead atoms. The van der Waals surface area contributed by atoms with E-state index in [2.05, 4.69) is 39.3 Å². The number of hydrogen-bond acceptors (Lipinski definition) is 5. The van der Waals surface area contributed by atoms with Crippen LogP contribution in [0.1, 0.15) is 51.9 Å². The van der Waals surface area contributed by atoms with Gasteiger partial charge in [-0.05, 0) is 78.7 Å². The van der Waals surface area contributed by atoms with Crippen molar-refractivity contribution in [1.82, 2.24) is 30.2 Å². The molecule has 1 amide bonds. The maximum atomic E-state index is 12.0.